The molecule has 0 radical (unpaired) electrons. The number of benzene rings is 3. The molecule has 4 heterocycles. The molecule has 4 amide bonds. The smallest absolute Gasteiger partial charge is 0.407 e. The fourth-order valence-corrected chi connectivity index (χ4v) is 8.34. The van der Waals surface area contributed by atoms with Gasteiger partial charge in [-0.3, -0.25) is 14.4 Å². The second-order valence-corrected chi connectivity index (χ2v) is 16.0. The van der Waals surface area contributed by atoms with Crippen LogP contribution in [-0.2, 0) is 19.1 Å². The Labute approximate surface area is 340 Å². The third-order valence-corrected chi connectivity index (χ3v) is 11.6. The maximum atomic E-state index is 15.8. The Morgan fingerprint density at radius 2 is 1.27 bits per heavy atom. The van der Waals surface area contributed by atoms with Gasteiger partial charge in [0.2, 0.25) is 17.2 Å². The summed E-state index contributed by atoms with van der Waals surface area (Å²) in [6.45, 7) is 8.29. The molecule has 14 nitrogen and oxygen atoms in total. The molecule has 5 aromatic rings. The third-order valence-electron chi connectivity index (χ3n) is 11.6. The lowest BCUT2D eigenvalue weighted by atomic mass is 9.98. The van der Waals surface area contributed by atoms with Crippen molar-refractivity contribution in [1.29, 1.82) is 0 Å². The first-order valence-corrected chi connectivity index (χ1v) is 20.0. The monoisotopic (exact) mass is 807 g/mol. The summed E-state index contributed by atoms with van der Waals surface area (Å²) >= 11 is 0. The zero-order valence-electron chi connectivity index (χ0n) is 34.1. The number of fused-ring (bicyclic) bond motifs is 2. The lowest BCUT2D eigenvalue weighted by molar-refractivity contribution is -0.136. The van der Waals surface area contributed by atoms with Gasteiger partial charge in [-0.1, -0.05) is 58.0 Å². The van der Waals surface area contributed by atoms with E-state index in [-0.39, 0.29) is 40.8 Å². The van der Waals surface area contributed by atoms with Crippen LogP contribution in [0.25, 0.3) is 44.1 Å². The Morgan fingerprint density at radius 1 is 0.746 bits per heavy atom. The molecule has 7 rings (SSSR count). The Kier molecular flexibility index (Phi) is 11.7. The van der Waals surface area contributed by atoms with Gasteiger partial charge in [0.25, 0.3) is 0 Å². The number of rotatable bonds is 10. The molecule has 2 aliphatic heterocycles. The van der Waals surface area contributed by atoms with Gasteiger partial charge in [0.05, 0.1) is 49.4 Å². The van der Waals surface area contributed by atoms with E-state index in [1.54, 1.807) is 37.1 Å². The number of pyridine rings is 1. The molecule has 59 heavy (non-hydrogen) atoms. The van der Waals surface area contributed by atoms with Crippen LogP contribution in [-0.4, -0.2) is 88.1 Å². The second kappa shape index (κ2) is 16.9. The van der Waals surface area contributed by atoms with Crippen LogP contribution in [0.5, 0.6) is 0 Å². The van der Waals surface area contributed by atoms with Gasteiger partial charge in [0, 0.05) is 24.0 Å². The van der Waals surface area contributed by atoms with Crippen molar-refractivity contribution in [2.75, 3.05) is 27.3 Å². The molecule has 15 heteroatoms. The summed E-state index contributed by atoms with van der Waals surface area (Å²) in [4.78, 5) is 79.3. The maximum absolute atomic E-state index is 15.8. The fourth-order valence-electron chi connectivity index (χ4n) is 8.34. The van der Waals surface area contributed by atoms with Crippen LogP contribution in [0.3, 0.4) is 0 Å². The number of ether oxygens (including phenoxy) is 2. The maximum Gasteiger partial charge on any atom is 0.407 e. The number of aromatic amines is 2. The summed E-state index contributed by atoms with van der Waals surface area (Å²) in [5, 5.41) is 7.45. The number of amides is 4. The van der Waals surface area contributed by atoms with E-state index in [9.17, 15) is 24.0 Å². The minimum absolute atomic E-state index is 0.0432. The minimum Gasteiger partial charge on any atom is -0.453 e. The summed E-state index contributed by atoms with van der Waals surface area (Å²) in [5.74, 6) is -1.17. The lowest BCUT2D eigenvalue weighted by Crippen LogP contribution is -2.51. The summed E-state index contributed by atoms with van der Waals surface area (Å²) < 4.78 is 25.3. The lowest BCUT2D eigenvalue weighted by Gasteiger charge is -2.31. The van der Waals surface area contributed by atoms with E-state index in [1.165, 1.54) is 19.1 Å². The van der Waals surface area contributed by atoms with Gasteiger partial charge in [-0.05, 0) is 83.7 Å². The molecular weight excluding hydrogens is 758 g/mol. The van der Waals surface area contributed by atoms with Crippen LogP contribution < -0.4 is 16.1 Å². The molecule has 2 saturated heterocycles. The number of halogens is 1. The van der Waals surface area contributed by atoms with Crippen LogP contribution in [0, 0.1) is 17.7 Å². The van der Waals surface area contributed by atoms with Crippen molar-refractivity contribution in [3.05, 3.63) is 88.4 Å². The average Bonchev–Trinajstić information content (AvgIpc) is 4.04. The predicted octanol–water partition coefficient (Wildman–Crippen LogP) is 6.97. The number of imidazole rings is 1. The molecule has 310 valence electrons. The normalized spacial score (nSPS) is 17.8. The zero-order chi connectivity index (χ0) is 42.1. The number of alkyl carbamates (subject to hydrolysis) is 2. The number of carbonyl (C=O) groups excluding carboxylic acids is 4. The Bertz CT molecular complexity index is 2480. The molecule has 4 atom stereocenters. The Hall–Kier alpha value is -6.25. The standard InChI is InChI=1S/C44H50FN7O7/c1-23(2)36(49-43(56)58-5)41(54)51-17-7-9-33(51)38-35(45)39(53)30-16-15-28(21-31(30)47-38)26-11-12-27-20-29(14-13-25(27)19-26)32-22-46-40(48-32)34-10-8-18-52(34)42(55)37(24(3)4)50-44(57)59-6/h11-16,19-24,33-34,36-37H,7-10,17-18H2,1-6H3,(H,46,48)(H,47,53)(H,49,56)(H,50,57)/t33?,34-,36-,37-/m0/s1. The van der Waals surface area contributed by atoms with Gasteiger partial charge in [-0.15, -0.1) is 0 Å². The number of H-pyrrole nitrogens is 2. The van der Waals surface area contributed by atoms with E-state index in [4.69, 9.17) is 9.47 Å². The topological polar surface area (TPSA) is 179 Å². The van der Waals surface area contributed by atoms with Crippen LogP contribution >= 0.6 is 0 Å². The van der Waals surface area contributed by atoms with E-state index >= 15 is 4.39 Å². The number of carbonyl (C=O) groups is 4. The van der Waals surface area contributed by atoms with Crippen LogP contribution in [0.1, 0.15) is 77.0 Å². The first kappa shape index (κ1) is 40.9. The molecule has 0 aliphatic carbocycles. The van der Waals surface area contributed by atoms with Crippen molar-refractivity contribution < 1.29 is 33.0 Å². The van der Waals surface area contributed by atoms with Crippen molar-refractivity contribution >= 4 is 45.7 Å². The summed E-state index contributed by atoms with van der Waals surface area (Å²) in [7, 11) is 2.50. The highest BCUT2D eigenvalue weighted by Crippen LogP contribution is 2.36. The molecule has 3 aromatic carbocycles. The molecule has 0 saturated carbocycles. The largest absolute Gasteiger partial charge is 0.453 e. The van der Waals surface area contributed by atoms with Gasteiger partial charge < -0.3 is 39.9 Å². The highest BCUT2D eigenvalue weighted by atomic mass is 19.1. The summed E-state index contributed by atoms with van der Waals surface area (Å²) in [6, 6.07) is 14.8. The Morgan fingerprint density at radius 3 is 1.86 bits per heavy atom. The number of likely N-dealkylation sites (tertiary alicyclic amines) is 2. The molecule has 2 fully saturated rings. The van der Waals surface area contributed by atoms with Crippen LogP contribution in [0.15, 0.2) is 65.6 Å². The summed E-state index contributed by atoms with van der Waals surface area (Å²) in [6.07, 6.45) is 3.01. The predicted molar refractivity (Wildman–Crippen MR) is 221 cm³/mol. The van der Waals surface area contributed by atoms with Crippen molar-refractivity contribution in [2.45, 2.75) is 77.5 Å². The van der Waals surface area contributed by atoms with Gasteiger partial charge in [0.15, 0.2) is 5.82 Å². The molecule has 2 aromatic heterocycles. The van der Waals surface area contributed by atoms with E-state index in [0.29, 0.717) is 37.3 Å². The zero-order valence-corrected chi connectivity index (χ0v) is 34.1. The van der Waals surface area contributed by atoms with Gasteiger partial charge in [-0.2, -0.15) is 0 Å². The molecule has 4 N–H and O–H groups in total. The van der Waals surface area contributed by atoms with Gasteiger partial charge in [0.1, 0.15) is 17.9 Å². The number of aromatic nitrogens is 3. The Balaban J connectivity index is 1.12. The van der Waals surface area contributed by atoms with Crippen molar-refractivity contribution in [1.82, 2.24) is 35.4 Å². The fraction of sp³-hybridized carbons (Fsp3) is 0.409. The van der Waals surface area contributed by atoms with Crippen molar-refractivity contribution in [3.8, 4) is 22.4 Å². The van der Waals surface area contributed by atoms with Gasteiger partial charge >= 0.3 is 12.2 Å². The second-order valence-electron chi connectivity index (χ2n) is 16.0. The number of hydrogen-bond acceptors (Lipinski definition) is 8. The number of nitrogens with one attached hydrogen (secondary N) is 4. The van der Waals surface area contributed by atoms with Crippen LogP contribution in [0.4, 0.5) is 14.0 Å². The van der Waals surface area contributed by atoms with E-state index in [0.717, 1.165) is 46.0 Å². The number of methoxy groups -OCH3 is 2. The molecule has 0 spiro atoms. The highest BCUT2D eigenvalue weighted by molar-refractivity contribution is 5.92. The quantitative estimate of drug-likeness (QED) is 0.117. The summed E-state index contributed by atoms with van der Waals surface area (Å²) in [5.41, 5.74) is 3.18. The third kappa shape index (κ3) is 8.10. The van der Waals surface area contributed by atoms with Crippen molar-refractivity contribution in [2.24, 2.45) is 11.8 Å². The minimum atomic E-state index is -0.926. The van der Waals surface area contributed by atoms with E-state index in [1.807, 2.05) is 44.2 Å². The SMILES string of the molecule is COC(=O)N[C@H](C(=O)N1CCCC1c1[nH]c2cc(-c3ccc4cc(-c5cnc([C@@H]6CCCN6C(=O)[C@@H](NC(=O)OC)C(C)C)[nH]5)ccc4c3)ccc2c(=O)c1F)C(C)C. The molecular formula is C44H50FN7O7. The number of hydrogen-bond donors (Lipinski definition) is 4. The van der Waals surface area contributed by atoms with Gasteiger partial charge in [-0.25, -0.2) is 19.0 Å². The van der Waals surface area contributed by atoms with Crippen LogP contribution in [0.2, 0.25) is 0 Å². The average molecular weight is 808 g/mol. The first-order chi connectivity index (χ1) is 28.3. The number of nitrogens with zero attached hydrogens (tertiary/aromatic N) is 3. The first-order valence-electron chi connectivity index (χ1n) is 20.0. The molecule has 1 unspecified atom stereocenters. The van der Waals surface area contributed by atoms with Crippen molar-refractivity contribution in [3.63, 3.8) is 0 Å². The highest BCUT2D eigenvalue weighted by Gasteiger charge is 2.39. The molecule has 0 bridgehead atoms. The van der Waals surface area contributed by atoms with E-state index in [2.05, 4.69) is 37.7 Å². The van der Waals surface area contributed by atoms with E-state index < -0.39 is 41.6 Å². The molecule has 2 aliphatic rings.